The van der Waals surface area contributed by atoms with Crippen molar-refractivity contribution in [3.63, 3.8) is 0 Å². The Kier molecular flexibility index (Phi) is 5.14. The third-order valence-corrected chi connectivity index (χ3v) is 5.19. The Bertz CT molecular complexity index is 640. The van der Waals surface area contributed by atoms with Crippen LogP contribution in [0.5, 0.6) is 5.88 Å². The zero-order valence-electron chi connectivity index (χ0n) is 12.6. The van der Waals surface area contributed by atoms with Crippen molar-refractivity contribution >= 4 is 42.3 Å². The highest BCUT2D eigenvalue weighted by Gasteiger charge is 2.17. The predicted octanol–water partition coefficient (Wildman–Crippen LogP) is 4.06. The highest BCUT2D eigenvalue weighted by Crippen LogP contribution is 2.32. The van der Waals surface area contributed by atoms with Crippen molar-refractivity contribution in [3.8, 4) is 5.88 Å². The second kappa shape index (κ2) is 6.52. The Morgan fingerprint density at radius 2 is 1.95 bits per heavy atom. The molecule has 0 aromatic carbocycles. The number of halogens is 2. The SMILES string of the molecule is COc1nc(Cl)nc2c1c(Cl)cn2COCC[Si](C)(C)C. The van der Waals surface area contributed by atoms with Crippen molar-refractivity contribution in [1.29, 1.82) is 0 Å². The first kappa shape index (κ1) is 16.5. The van der Waals surface area contributed by atoms with Crippen LogP contribution in [0.15, 0.2) is 6.20 Å². The zero-order chi connectivity index (χ0) is 15.6. The van der Waals surface area contributed by atoms with E-state index in [0.29, 0.717) is 28.7 Å². The van der Waals surface area contributed by atoms with Gasteiger partial charge in [0.15, 0.2) is 5.65 Å². The van der Waals surface area contributed by atoms with Crippen LogP contribution in [0.25, 0.3) is 11.0 Å². The smallest absolute Gasteiger partial charge is 0.228 e. The molecule has 0 unspecified atom stereocenters. The molecule has 0 saturated heterocycles. The van der Waals surface area contributed by atoms with E-state index in [1.807, 2.05) is 4.57 Å². The molecular weight excluding hydrogens is 329 g/mol. The maximum Gasteiger partial charge on any atom is 0.228 e. The van der Waals surface area contributed by atoms with Gasteiger partial charge in [-0.05, 0) is 17.6 Å². The Balaban J connectivity index is 2.19. The van der Waals surface area contributed by atoms with Gasteiger partial charge in [0, 0.05) is 20.9 Å². The minimum atomic E-state index is -1.09. The van der Waals surface area contributed by atoms with Crippen LogP contribution >= 0.6 is 23.2 Å². The van der Waals surface area contributed by atoms with Gasteiger partial charge in [0.25, 0.3) is 0 Å². The number of nitrogens with zero attached hydrogens (tertiary/aromatic N) is 3. The molecule has 2 aromatic rings. The second-order valence-corrected chi connectivity index (χ2v) is 12.4. The van der Waals surface area contributed by atoms with E-state index >= 15 is 0 Å². The summed E-state index contributed by atoms with van der Waals surface area (Å²) < 4.78 is 12.7. The normalized spacial score (nSPS) is 12.1. The third kappa shape index (κ3) is 4.09. The fraction of sp³-hybridized carbons (Fsp3) is 0.538. The Hall–Kier alpha value is -0.823. The fourth-order valence-corrected chi connectivity index (χ4v) is 3.07. The number of fused-ring (bicyclic) bond motifs is 1. The molecule has 0 fully saturated rings. The van der Waals surface area contributed by atoms with E-state index in [2.05, 4.69) is 29.6 Å². The van der Waals surface area contributed by atoms with Crippen LogP contribution < -0.4 is 4.74 Å². The summed E-state index contributed by atoms with van der Waals surface area (Å²) in [5.41, 5.74) is 0.616. The van der Waals surface area contributed by atoms with Gasteiger partial charge < -0.3 is 14.0 Å². The quantitative estimate of drug-likeness (QED) is 0.449. The monoisotopic (exact) mass is 347 g/mol. The average molecular weight is 348 g/mol. The minimum Gasteiger partial charge on any atom is -0.480 e. The fourth-order valence-electron chi connectivity index (χ4n) is 1.87. The molecule has 5 nitrogen and oxygen atoms in total. The van der Waals surface area contributed by atoms with Gasteiger partial charge in [0.1, 0.15) is 6.73 Å². The number of hydrogen-bond donors (Lipinski definition) is 0. The van der Waals surface area contributed by atoms with Gasteiger partial charge in [-0.15, -0.1) is 0 Å². The summed E-state index contributed by atoms with van der Waals surface area (Å²) in [6.45, 7) is 8.05. The first-order valence-corrected chi connectivity index (χ1v) is 11.1. The van der Waals surface area contributed by atoms with Crippen molar-refractivity contribution in [2.24, 2.45) is 0 Å². The second-order valence-electron chi connectivity index (χ2n) is 6.00. The molecule has 0 spiro atoms. The van der Waals surface area contributed by atoms with Gasteiger partial charge in [-0.2, -0.15) is 9.97 Å². The highest BCUT2D eigenvalue weighted by atomic mass is 35.5. The summed E-state index contributed by atoms with van der Waals surface area (Å²) in [7, 11) is 0.429. The largest absolute Gasteiger partial charge is 0.480 e. The molecule has 0 saturated carbocycles. The van der Waals surface area contributed by atoms with Gasteiger partial charge >= 0.3 is 0 Å². The maximum absolute atomic E-state index is 6.23. The molecule has 0 bridgehead atoms. The third-order valence-electron chi connectivity index (χ3n) is 3.03. The first-order chi connectivity index (χ1) is 9.81. The maximum atomic E-state index is 6.23. The molecule has 2 rings (SSSR count). The van der Waals surface area contributed by atoms with E-state index in [-0.39, 0.29) is 5.28 Å². The van der Waals surface area contributed by atoms with E-state index in [0.717, 1.165) is 12.7 Å². The molecular formula is C13H19Cl2N3O2Si. The number of rotatable bonds is 6. The molecule has 0 aliphatic carbocycles. The lowest BCUT2D eigenvalue weighted by atomic mass is 10.4. The van der Waals surface area contributed by atoms with E-state index in [4.69, 9.17) is 32.7 Å². The summed E-state index contributed by atoms with van der Waals surface area (Å²) in [4.78, 5) is 8.24. The van der Waals surface area contributed by atoms with Crippen LogP contribution in [-0.2, 0) is 11.5 Å². The number of hydrogen-bond acceptors (Lipinski definition) is 4. The molecule has 21 heavy (non-hydrogen) atoms. The Labute approximate surface area is 135 Å². The average Bonchev–Trinajstić information content (AvgIpc) is 2.69. The van der Waals surface area contributed by atoms with Gasteiger partial charge in [0.2, 0.25) is 11.2 Å². The molecule has 0 aliphatic heterocycles. The lowest BCUT2D eigenvalue weighted by Gasteiger charge is -2.15. The van der Waals surface area contributed by atoms with Crippen LogP contribution in [0.2, 0.25) is 36.0 Å². The summed E-state index contributed by atoms with van der Waals surface area (Å²) in [5, 5.41) is 1.29. The summed E-state index contributed by atoms with van der Waals surface area (Å²) >= 11 is 12.1. The van der Waals surface area contributed by atoms with E-state index < -0.39 is 8.07 Å². The minimum absolute atomic E-state index is 0.123. The molecule has 0 amide bonds. The van der Waals surface area contributed by atoms with Crippen LogP contribution in [0.4, 0.5) is 0 Å². The molecule has 116 valence electrons. The number of aromatic nitrogens is 3. The highest BCUT2D eigenvalue weighted by molar-refractivity contribution is 6.76. The van der Waals surface area contributed by atoms with Gasteiger partial charge in [-0.3, -0.25) is 0 Å². The van der Waals surface area contributed by atoms with E-state index in [1.54, 1.807) is 6.20 Å². The van der Waals surface area contributed by atoms with Crippen LogP contribution in [0.3, 0.4) is 0 Å². The Morgan fingerprint density at radius 3 is 2.57 bits per heavy atom. The molecule has 2 heterocycles. The van der Waals surface area contributed by atoms with Crippen molar-refractivity contribution in [1.82, 2.24) is 14.5 Å². The molecule has 0 N–H and O–H groups in total. The number of ether oxygens (including phenoxy) is 2. The molecule has 2 aromatic heterocycles. The first-order valence-electron chi connectivity index (χ1n) is 6.65. The standard InChI is InChI=1S/C13H19Cl2N3O2Si/c1-19-12-10-9(14)7-18(11(10)16-13(15)17-12)8-20-5-6-21(2,3)4/h7H,5-6,8H2,1-4H3. The van der Waals surface area contributed by atoms with Gasteiger partial charge in [-0.25, -0.2) is 0 Å². The Morgan fingerprint density at radius 1 is 1.24 bits per heavy atom. The van der Waals surface area contributed by atoms with Gasteiger partial charge in [-0.1, -0.05) is 31.2 Å². The van der Waals surface area contributed by atoms with Crippen molar-refractivity contribution in [2.45, 2.75) is 32.4 Å². The molecule has 8 heteroatoms. The lowest BCUT2D eigenvalue weighted by Crippen LogP contribution is -2.22. The van der Waals surface area contributed by atoms with E-state index in [9.17, 15) is 0 Å². The van der Waals surface area contributed by atoms with Crippen molar-refractivity contribution in [3.05, 3.63) is 16.5 Å². The molecule has 0 radical (unpaired) electrons. The molecule has 0 atom stereocenters. The summed E-state index contributed by atoms with van der Waals surface area (Å²) in [5.74, 6) is 0.371. The van der Waals surface area contributed by atoms with Crippen LogP contribution in [0, 0.1) is 0 Å². The summed E-state index contributed by atoms with van der Waals surface area (Å²) in [6.07, 6.45) is 1.76. The zero-order valence-corrected chi connectivity index (χ0v) is 15.1. The van der Waals surface area contributed by atoms with Crippen LogP contribution in [-0.4, -0.2) is 36.3 Å². The molecule has 0 aliphatic rings. The van der Waals surface area contributed by atoms with Crippen molar-refractivity contribution < 1.29 is 9.47 Å². The lowest BCUT2D eigenvalue weighted by molar-refractivity contribution is 0.0899. The topological polar surface area (TPSA) is 49.2 Å². The van der Waals surface area contributed by atoms with Gasteiger partial charge in [0.05, 0.1) is 17.5 Å². The summed E-state index contributed by atoms with van der Waals surface area (Å²) in [6, 6.07) is 1.11. The van der Waals surface area contributed by atoms with E-state index in [1.165, 1.54) is 7.11 Å². The van der Waals surface area contributed by atoms with Crippen LogP contribution in [0.1, 0.15) is 0 Å². The number of methoxy groups -OCH3 is 1. The van der Waals surface area contributed by atoms with Crippen molar-refractivity contribution in [2.75, 3.05) is 13.7 Å². The predicted molar refractivity (Wildman–Crippen MR) is 88.2 cm³/mol.